The number of hydrogen-bond acceptors (Lipinski definition) is 10. The molecule has 0 fully saturated rings. The van der Waals surface area contributed by atoms with Crippen molar-refractivity contribution in [3.8, 4) is 34.2 Å². The summed E-state index contributed by atoms with van der Waals surface area (Å²) in [6.07, 6.45) is 2.13. The Labute approximate surface area is 233 Å². The van der Waals surface area contributed by atoms with Gasteiger partial charge in [0, 0.05) is 30.1 Å². The second kappa shape index (κ2) is 11.5. The van der Waals surface area contributed by atoms with E-state index in [0.29, 0.717) is 22.7 Å². The van der Waals surface area contributed by atoms with Gasteiger partial charge in [-0.2, -0.15) is 0 Å². The molecule has 0 saturated carbocycles. The highest BCUT2D eigenvalue weighted by molar-refractivity contribution is 7.92. The van der Waals surface area contributed by atoms with E-state index >= 15 is 0 Å². The molecule has 0 saturated heterocycles. The third-order valence-electron chi connectivity index (χ3n) is 5.73. The Morgan fingerprint density at radius 3 is 2.27 bits per heavy atom. The third-order valence-corrected chi connectivity index (χ3v) is 7.87. The van der Waals surface area contributed by atoms with Crippen molar-refractivity contribution in [1.29, 1.82) is 0 Å². The second-order valence-corrected chi connectivity index (χ2v) is 12.9. The highest BCUT2D eigenvalue weighted by Crippen LogP contribution is 2.32. The summed E-state index contributed by atoms with van der Waals surface area (Å²) in [5, 5.41) is 13.6. The number of anilines is 1. The first-order valence-corrected chi connectivity index (χ1v) is 14.2. The van der Waals surface area contributed by atoms with E-state index in [1.54, 1.807) is 46.8 Å². The maximum absolute atomic E-state index is 12.6. The summed E-state index contributed by atoms with van der Waals surface area (Å²) < 4.78 is 36.4. The number of rotatable bonds is 8. The second-order valence-electron chi connectivity index (χ2n) is 10.4. The summed E-state index contributed by atoms with van der Waals surface area (Å²) in [6.45, 7) is 9.23. The lowest BCUT2D eigenvalue weighted by molar-refractivity contribution is 0.0635. The quantitative estimate of drug-likeness (QED) is 0.296. The van der Waals surface area contributed by atoms with Crippen molar-refractivity contribution in [2.75, 3.05) is 12.4 Å². The minimum atomic E-state index is -3.47. The Balaban J connectivity index is 1.72. The Hall–Kier alpha value is -4.16. The minimum absolute atomic E-state index is 0.119. The van der Waals surface area contributed by atoms with Crippen molar-refractivity contribution in [2.24, 2.45) is 0 Å². The fourth-order valence-electron chi connectivity index (χ4n) is 3.68. The molecule has 4 aromatic rings. The van der Waals surface area contributed by atoms with Crippen molar-refractivity contribution in [1.82, 2.24) is 25.5 Å². The molecule has 12 heteroatoms. The molecule has 0 spiro atoms. The number of carbonyl (C=O) groups excluding carboxylic acids is 1. The molecule has 0 atom stereocenters. The molecule has 4 rings (SSSR count). The molecule has 0 radical (unpaired) electrons. The molecule has 0 aliphatic rings. The molecule has 3 aromatic heterocycles. The highest BCUT2D eigenvalue weighted by Gasteiger charge is 2.23. The van der Waals surface area contributed by atoms with Crippen LogP contribution in [0.1, 0.15) is 40.2 Å². The average Bonchev–Trinajstić information content (AvgIpc) is 3.38. The van der Waals surface area contributed by atoms with Crippen molar-refractivity contribution >= 4 is 21.7 Å². The highest BCUT2D eigenvalue weighted by atomic mass is 32.2. The van der Waals surface area contributed by atoms with E-state index in [2.05, 4.69) is 30.8 Å². The van der Waals surface area contributed by atoms with Gasteiger partial charge < -0.3 is 14.5 Å². The summed E-state index contributed by atoms with van der Waals surface area (Å²) in [7, 11) is -1.59. The third kappa shape index (κ3) is 6.69. The predicted octanol–water partition coefficient (Wildman–Crippen LogP) is 5.11. The molecular formula is C28H32N6O5S. The van der Waals surface area contributed by atoms with Gasteiger partial charge in [-0.1, -0.05) is 12.1 Å². The first-order valence-electron chi connectivity index (χ1n) is 12.7. The van der Waals surface area contributed by atoms with Gasteiger partial charge in [0.1, 0.15) is 11.4 Å². The minimum Gasteiger partial charge on any atom is -0.444 e. The van der Waals surface area contributed by atoms with E-state index < -0.39 is 26.8 Å². The van der Waals surface area contributed by atoms with Crippen LogP contribution in [0.15, 0.2) is 64.2 Å². The lowest BCUT2D eigenvalue weighted by Gasteiger charge is -2.20. The zero-order chi connectivity index (χ0) is 29.1. The van der Waals surface area contributed by atoms with E-state index in [9.17, 15) is 13.2 Å². The van der Waals surface area contributed by atoms with E-state index in [1.165, 1.54) is 18.5 Å². The van der Waals surface area contributed by atoms with Gasteiger partial charge >= 0.3 is 6.09 Å². The van der Waals surface area contributed by atoms with Crippen LogP contribution >= 0.6 is 0 Å². The van der Waals surface area contributed by atoms with E-state index in [-0.39, 0.29) is 16.6 Å². The predicted molar refractivity (Wildman–Crippen MR) is 151 cm³/mol. The van der Waals surface area contributed by atoms with E-state index in [0.717, 1.165) is 17.7 Å². The fraction of sp³-hybridized carbons (Fsp3) is 0.321. The summed E-state index contributed by atoms with van der Waals surface area (Å²) in [5.41, 5.74) is 2.48. The standard InChI is InChI=1S/C28H32N6O5S/c1-17(2)40(36,37)21-11-12-23(30-16-21)20-13-22(24(31-15-20)32-27(35)39-28(3,4)5)26-34-33-25(38-26)19-9-7-18(8-10-19)14-29-6/h7-13,15-17,29H,14H2,1-6H3,(H,31,32,35). The lowest BCUT2D eigenvalue weighted by atomic mass is 10.1. The summed E-state index contributed by atoms with van der Waals surface area (Å²) in [5.74, 6) is 0.561. The first-order chi connectivity index (χ1) is 18.9. The van der Waals surface area contributed by atoms with Gasteiger partial charge in [-0.25, -0.2) is 18.2 Å². The van der Waals surface area contributed by atoms with Crippen LogP contribution in [0, 0.1) is 0 Å². The SMILES string of the molecule is CNCc1ccc(-c2nnc(-c3cc(-c4ccc(S(=O)(=O)C(C)C)cn4)cnc3NC(=O)OC(C)(C)C)o2)cc1. The number of nitrogens with zero attached hydrogens (tertiary/aromatic N) is 4. The van der Waals surface area contributed by atoms with Crippen LogP contribution in [-0.2, 0) is 21.1 Å². The lowest BCUT2D eigenvalue weighted by Crippen LogP contribution is -2.27. The summed E-state index contributed by atoms with van der Waals surface area (Å²) >= 11 is 0. The van der Waals surface area contributed by atoms with E-state index in [4.69, 9.17) is 9.15 Å². The summed E-state index contributed by atoms with van der Waals surface area (Å²) in [4.78, 5) is 21.4. The Kier molecular flexibility index (Phi) is 8.31. The molecule has 40 heavy (non-hydrogen) atoms. The van der Waals surface area contributed by atoms with Gasteiger partial charge in [0.25, 0.3) is 5.89 Å². The molecular weight excluding hydrogens is 532 g/mol. The number of benzene rings is 1. The number of carbonyl (C=O) groups is 1. The van der Waals surface area contributed by atoms with Crippen LogP contribution in [0.4, 0.5) is 10.6 Å². The zero-order valence-corrected chi connectivity index (χ0v) is 24.0. The zero-order valence-electron chi connectivity index (χ0n) is 23.2. The van der Waals surface area contributed by atoms with Crippen LogP contribution in [0.3, 0.4) is 0 Å². The number of nitrogens with one attached hydrogen (secondary N) is 2. The van der Waals surface area contributed by atoms with Gasteiger partial charge in [0.05, 0.1) is 21.4 Å². The molecule has 0 aliphatic heterocycles. The van der Waals surface area contributed by atoms with E-state index in [1.807, 2.05) is 31.3 Å². The van der Waals surface area contributed by atoms with Gasteiger partial charge in [-0.15, -0.1) is 10.2 Å². The monoisotopic (exact) mass is 564 g/mol. The van der Waals surface area contributed by atoms with Crippen molar-refractivity contribution < 1.29 is 22.4 Å². The van der Waals surface area contributed by atoms with Gasteiger partial charge in [-0.05, 0) is 77.6 Å². The maximum Gasteiger partial charge on any atom is 0.413 e. The summed E-state index contributed by atoms with van der Waals surface area (Å²) in [6, 6.07) is 12.5. The fourth-order valence-corrected chi connectivity index (χ4v) is 4.68. The number of aromatic nitrogens is 4. The Bertz CT molecular complexity index is 1590. The number of pyridine rings is 2. The van der Waals surface area contributed by atoms with Crippen LogP contribution in [0.5, 0.6) is 0 Å². The molecule has 0 aliphatic carbocycles. The molecule has 0 bridgehead atoms. The Morgan fingerprint density at radius 2 is 1.68 bits per heavy atom. The number of amides is 1. The topological polar surface area (TPSA) is 149 Å². The molecule has 0 unspecified atom stereocenters. The van der Waals surface area contributed by atoms with Crippen LogP contribution in [-0.4, -0.2) is 52.6 Å². The molecule has 3 heterocycles. The van der Waals surface area contributed by atoms with Crippen molar-refractivity contribution in [3.05, 3.63) is 60.4 Å². The normalized spacial score (nSPS) is 12.0. The average molecular weight is 565 g/mol. The first kappa shape index (κ1) is 28.8. The van der Waals surface area contributed by atoms with Gasteiger partial charge in [0.15, 0.2) is 9.84 Å². The number of ether oxygens (including phenoxy) is 1. The smallest absolute Gasteiger partial charge is 0.413 e. The largest absolute Gasteiger partial charge is 0.444 e. The molecule has 1 amide bonds. The molecule has 210 valence electrons. The number of hydrogen-bond donors (Lipinski definition) is 2. The van der Waals surface area contributed by atoms with Crippen LogP contribution in [0.2, 0.25) is 0 Å². The maximum atomic E-state index is 12.6. The Morgan fingerprint density at radius 1 is 0.975 bits per heavy atom. The molecule has 2 N–H and O–H groups in total. The van der Waals surface area contributed by atoms with Gasteiger partial charge in [0.2, 0.25) is 5.89 Å². The van der Waals surface area contributed by atoms with Crippen LogP contribution < -0.4 is 10.6 Å². The van der Waals surface area contributed by atoms with Crippen molar-refractivity contribution in [2.45, 2.75) is 56.9 Å². The molecule has 11 nitrogen and oxygen atoms in total. The van der Waals surface area contributed by atoms with Crippen molar-refractivity contribution in [3.63, 3.8) is 0 Å². The van der Waals surface area contributed by atoms with Gasteiger partial charge in [-0.3, -0.25) is 10.3 Å². The van der Waals surface area contributed by atoms with Crippen LogP contribution in [0.25, 0.3) is 34.2 Å². The molecule has 1 aromatic carbocycles. The number of sulfone groups is 1.